The van der Waals surface area contributed by atoms with Crippen molar-refractivity contribution in [2.24, 2.45) is 0 Å². The molecule has 0 radical (unpaired) electrons. The Kier molecular flexibility index (Phi) is 8.01. The molecule has 0 spiro atoms. The molecule has 1 aliphatic heterocycles. The Bertz CT molecular complexity index is 883. The largest absolute Gasteiger partial charge is 0.371 e. The Labute approximate surface area is 192 Å². The van der Waals surface area contributed by atoms with E-state index in [0.717, 1.165) is 47.3 Å². The number of nitrogens with zero attached hydrogens (tertiary/aromatic N) is 2. The molecular formula is C25H34ClN3S. The van der Waals surface area contributed by atoms with Gasteiger partial charge in [-0.15, -0.1) is 0 Å². The van der Waals surface area contributed by atoms with Gasteiger partial charge in [0.25, 0.3) is 0 Å². The number of aryl methyl sites for hydroxylation is 2. The Hall–Kier alpha value is -1.78. The van der Waals surface area contributed by atoms with E-state index >= 15 is 0 Å². The van der Waals surface area contributed by atoms with Gasteiger partial charge >= 0.3 is 0 Å². The fraction of sp³-hybridized carbons (Fsp3) is 0.480. The van der Waals surface area contributed by atoms with Crippen LogP contribution in [0.1, 0.15) is 56.7 Å². The molecule has 1 N–H and O–H groups in total. The molecule has 0 bridgehead atoms. The Morgan fingerprint density at radius 3 is 2.73 bits per heavy atom. The minimum absolute atomic E-state index is 0.346. The van der Waals surface area contributed by atoms with Crippen molar-refractivity contribution in [3.05, 3.63) is 58.1 Å². The van der Waals surface area contributed by atoms with Crippen LogP contribution in [0.2, 0.25) is 5.02 Å². The Morgan fingerprint density at radius 2 is 2.03 bits per heavy atom. The lowest BCUT2D eigenvalue weighted by Crippen LogP contribution is -2.40. The van der Waals surface area contributed by atoms with Crippen molar-refractivity contribution in [1.29, 1.82) is 0 Å². The second kappa shape index (κ2) is 10.5. The molecule has 0 fully saturated rings. The van der Waals surface area contributed by atoms with E-state index in [1.54, 1.807) is 0 Å². The number of rotatable bonds is 7. The molecule has 0 aliphatic carbocycles. The zero-order valence-corrected chi connectivity index (χ0v) is 20.2. The summed E-state index contributed by atoms with van der Waals surface area (Å²) in [6.07, 6.45) is 4.62. The summed E-state index contributed by atoms with van der Waals surface area (Å²) >= 11 is 12.1. The molecule has 162 valence electrons. The van der Waals surface area contributed by atoms with E-state index in [0.29, 0.717) is 6.04 Å². The van der Waals surface area contributed by atoms with Crippen LogP contribution in [-0.2, 0) is 13.0 Å². The van der Waals surface area contributed by atoms with E-state index in [2.05, 4.69) is 54.1 Å². The summed E-state index contributed by atoms with van der Waals surface area (Å²) in [4.78, 5) is 4.82. The maximum absolute atomic E-state index is 6.30. The molecule has 2 aromatic carbocycles. The summed E-state index contributed by atoms with van der Waals surface area (Å²) in [6.45, 7) is 11.8. The predicted octanol–water partition coefficient (Wildman–Crippen LogP) is 6.81. The molecular weight excluding hydrogens is 410 g/mol. The average molecular weight is 444 g/mol. The van der Waals surface area contributed by atoms with Crippen molar-refractivity contribution in [3.8, 4) is 0 Å². The third kappa shape index (κ3) is 5.47. The number of halogens is 1. The molecule has 0 amide bonds. The summed E-state index contributed by atoms with van der Waals surface area (Å²) in [5, 5.41) is 4.90. The minimum atomic E-state index is 0.346. The van der Waals surface area contributed by atoms with Crippen molar-refractivity contribution >= 4 is 40.3 Å². The Balaban J connectivity index is 1.77. The van der Waals surface area contributed by atoms with Crippen molar-refractivity contribution in [3.63, 3.8) is 0 Å². The number of hydrogen-bond donors (Lipinski definition) is 1. The fourth-order valence-electron chi connectivity index (χ4n) is 4.04. The van der Waals surface area contributed by atoms with Gasteiger partial charge in [-0.3, -0.25) is 0 Å². The zero-order chi connectivity index (χ0) is 21.7. The number of nitrogens with one attached hydrogen (secondary N) is 1. The fourth-order valence-corrected chi connectivity index (χ4v) is 4.58. The molecule has 30 heavy (non-hydrogen) atoms. The van der Waals surface area contributed by atoms with E-state index in [-0.39, 0.29) is 0 Å². The van der Waals surface area contributed by atoms with Crippen molar-refractivity contribution in [2.75, 3.05) is 23.3 Å². The van der Waals surface area contributed by atoms with Crippen LogP contribution in [0.4, 0.5) is 11.4 Å². The average Bonchev–Trinajstić information content (AvgIpc) is 2.74. The first-order chi connectivity index (χ1) is 14.4. The number of hydrogen-bond acceptors (Lipinski definition) is 2. The van der Waals surface area contributed by atoms with Crippen LogP contribution in [0.15, 0.2) is 36.4 Å². The van der Waals surface area contributed by atoms with Gasteiger partial charge in [-0.25, -0.2) is 0 Å². The lowest BCUT2D eigenvalue weighted by Gasteiger charge is -2.34. The highest BCUT2D eigenvalue weighted by atomic mass is 35.5. The maximum Gasteiger partial charge on any atom is 0.173 e. The molecule has 5 heteroatoms. The van der Waals surface area contributed by atoms with Gasteiger partial charge in [0.1, 0.15) is 0 Å². The zero-order valence-electron chi connectivity index (χ0n) is 18.7. The highest BCUT2D eigenvalue weighted by Crippen LogP contribution is 2.29. The number of benzene rings is 2. The SMILES string of the molecule is CCCN1CCCc2cc(CN(C(=S)Nc3ccc(C)c(Cl)c3)[C@@H](C)CC)ccc21. The number of thiocarbonyl (C=S) groups is 1. The van der Waals surface area contributed by atoms with Gasteiger partial charge in [0.15, 0.2) is 5.11 Å². The van der Waals surface area contributed by atoms with Gasteiger partial charge in [0.2, 0.25) is 0 Å². The van der Waals surface area contributed by atoms with Gasteiger partial charge in [-0.2, -0.15) is 0 Å². The van der Waals surface area contributed by atoms with E-state index < -0.39 is 0 Å². The summed E-state index contributed by atoms with van der Waals surface area (Å²) in [5.41, 5.74) is 6.21. The van der Waals surface area contributed by atoms with Gasteiger partial charge in [-0.05, 0) is 86.6 Å². The molecule has 0 saturated carbocycles. The molecule has 0 saturated heterocycles. The van der Waals surface area contributed by atoms with E-state index in [4.69, 9.17) is 23.8 Å². The van der Waals surface area contributed by atoms with Gasteiger partial charge < -0.3 is 15.1 Å². The first kappa shape index (κ1) is 22.9. The lowest BCUT2D eigenvalue weighted by atomic mass is 9.98. The molecule has 1 heterocycles. The first-order valence-corrected chi connectivity index (χ1v) is 11.9. The maximum atomic E-state index is 6.30. The summed E-state index contributed by atoms with van der Waals surface area (Å²) < 4.78 is 0. The molecule has 0 aromatic heterocycles. The quantitative estimate of drug-likeness (QED) is 0.473. The van der Waals surface area contributed by atoms with Crippen LogP contribution in [-0.4, -0.2) is 29.1 Å². The van der Waals surface area contributed by atoms with Crippen LogP contribution < -0.4 is 10.2 Å². The Morgan fingerprint density at radius 1 is 1.23 bits per heavy atom. The second-order valence-corrected chi connectivity index (χ2v) is 9.13. The summed E-state index contributed by atoms with van der Waals surface area (Å²) in [5.74, 6) is 0. The smallest absolute Gasteiger partial charge is 0.173 e. The molecule has 3 rings (SSSR count). The first-order valence-electron chi connectivity index (χ1n) is 11.1. The monoisotopic (exact) mass is 443 g/mol. The predicted molar refractivity (Wildman–Crippen MR) is 135 cm³/mol. The van der Waals surface area contributed by atoms with Crippen LogP contribution in [0.25, 0.3) is 0 Å². The second-order valence-electron chi connectivity index (χ2n) is 8.33. The van der Waals surface area contributed by atoms with Crippen molar-refractivity contribution < 1.29 is 0 Å². The third-order valence-electron chi connectivity index (χ3n) is 6.01. The number of fused-ring (bicyclic) bond motifs is 1. The van der Waals surface area contributed by atoms with E-state index in [1.807, 2.05) is 25.1 Å². The van der Waals surface area contributed by atoms with Gasteiger partial charge in [0.05, 0.1) is 0 Å². The van der Waals surface area contributed by atoms with E-state index in [9.17, 15) is 0 Å². The lowest BCUT2D eigenvalue weighted by molar-refractivity contribution is 0.319. The van der Waals surface area contributed by atoms with Crippen LogP contribution >= 0.6 is 23.8 Å². The van der Waals surface area contributed by atoms with Gasteiger partial charge in [0, 0.05) is 42.1 Å². The summed E-state index contributed by atoms with van der Waals surface area (Å²) in [6, 6.07) is 13.3. The van der Waals surface area contributed by atoms with E-state index in [1.165, 1.54) is 36.2 Å². The minimum Gasteiger partial charge on any atom is -0.371 e. The van der Waals surface area contributed by atoms with Gasteiger partial charge in [-0.1, -0.05) is 43.6 Å². The van der Waals surface area contributed by atoms with Crippen LogP contribution in [0, 0.1) is 6.92 Å². The standard InChI is InChI=1S/C25H34ClN3S/c1-5-13-28-14-7-8-21-15-20(10-12-24(21)28)17-29(19(4)6-2)25(30)27-22-11-9-18(3)23(26)16-22/h9-12,15-16,19H,5-8,13-14,17H2,1-4H3,(H,27,30)/t19-/m0/s1. The third-order valence-corrected chi connectivity index (χ3v) is 6.76. The van der Waals surface area contributed by atoms with Crippen molar-refractivity contribution in [1.82, 2.24) is 4.90 Å². The molecule has 0 unspecified atom stereocenters. The number of anilines is 2. The summed E-state index contributed by atoms with van der Waals surface area (Å²) in [7, 11) is 0. The highest BCUT2D eigenvalue weighted by Gasteiger charge is 2.20. The topological polar surface area (TPSA) is 18.5 Å². The van der Waals surface area contributed by atoms with Crippen LogP contribution in [0.3, 0.4) is 0 Å². The highest BCUT2D eigenvalue weighted by molar-refractivity contribution is 7.80. The molecule has 1 atom stereocenters. The molecule has 3 nitrogen and oxygen atoms in total. The van der Waals surface area contributed by atoms with Crippen LogP contribution in [0.5, 0.6) is 0 Å². The van der Waals surface area contributed by atoms with Crippen molar-refractivity contribution in [2.45, 2.75) is 66.0 Å². The molecule has 1 aliphatic rings. The normalized spacial score (nSPS) is 14.2. The molecule has 2 aromatic rings.